The first kappa shape index (κ1) is 29.7. The SMILES string of the molecule is CCNC(=O)[C@@H](C)N(Cc1ccc(Cl)c(Cl)c1)C(=O)CN(c1ccc(F)c(Cl)c1)S(=O)(=O)c1ccccc1. The normalized spacial score (nSPS) is 12.1. The van der Waals surface area contributed by atoms with Crippen LogP contribution in [-0.4, -0.2) is 44.3 Å². The van der Waals surface area contributed by atoms with Gasteiger partial charge in [-0.2, -0.15) is 0 Å². The number of sulfonamides is 1. The number of carbonyl (C=O) groups is 2. The van der Waals surface area contributed by atoms with Crippen LogP contribution in [-0.2, 0) is 26.2 Å². The summed E-state index contributed by atoms with van der Waals surface area (Å²) in [6.45, 7) is 2.86. The summed E-state index contributed by atoms with van der Waals surface area (Å²) in [5.41, 5.74) is 0.556. The summed E-state index contributed by atoms with van der Waals surface area (Å²) in [6, 6.07) is 14.6. The molecule has 202 valence electrons. The van der Waals surface area contributed by atoms with E-state index in [1.807, 2.05) is 0 Å². The fourth-order valence-electron chi connectivity index (χ4n) is 3.63. The van der Waals surface area contributed by atoms with Crippen LogP contribution in [0.15, 0.2) is 71.6 Å². The molecule has 7 nitrogen and oxygen atoms in total. The summed E-state index contributed by atoms with van der Waals surface area (Å²) in [7, 11) is -4.29. The third kappa shape index (κ3) is 6.96. The molecule has 12 heteroatoms. The number of anilines is 1. The molecule has 0 heterocycles. The number of nitrogens with one attached hydrogen (secondary N) is 1. The molecule has 3 aromatic carbocycles. The van der Waals surface area contributed by atoms with E-state index in [2.05, 4.69) is 5.32 Å². The molecule has 1 N–H and O–H groups in total. The van der Waals surface area contributed by atoms with E-state index in [1.165, 1.54) is 42.2 Å². The molecule has 0 saturated carbocycles. The Morgan fingerprint density at radius 3 is 2.24 bits per heavy atom. The minimum Gasteiger partial charge on any atom is -0.355 e. The monoisotopic (exact) mass is 599 g/mol. The van der Waals surface area contributed by atoms with Crippen molar-refractivity contribution >= 4 is 62.3 Å². The molecule has 3 rings (SSSR count). The maximum absolute atomic E-state index is 13.9. The molecule has 2 amide bonds. The molecule has 0 radical (unpaired) electrons. The third-order valence-electron chi connectivity index (χ3n) is 5.66. The molecule has 0 saturated heterocycles. The number of rotatable bonds is 10. The van der Waals surface area contributed by atoms with Crippen molar-refractivity contribution in [1.29, 1.82) is 0 Å². The van der Waals surface area contributed by atoms with Crippen LogP contribution in [0.5, 0.6) is 0 Å². The number of benzene rings is 3. The molecule has 0 unspecified atom stereocenters. The quantitative estimate of drug-likeness (QED) is 0.331. The van der Waals surface area contributed by atoms with Gasteiger partial charge in [-0.1, -0.05) is 59.1 Å². The lowest BCUT2D eigenvalue weighted by molar-refractivity contribution is -0.139. The highest BCUT2D eigenvalue weighted by atomic mass is 35.5. The van der Waals surface area contributed by atoms with E-state index in [-0.39, 0.29) is 27.2 Å². The van der Waals surface area contributed by atoms with Gasteiger partial charge in [0, 0.05) is 13.1 Å². The van der Waals surface area contributed by atoms with Crippen molar-refractivity contribution < 1.29 is 22.4 Å². The first-order valence-electron chi connectivity index (χ1n) is 11.5. The van der Waals surface area contributed by atoms with Gasteiger partial charge in [0.25, 0.3) is 10.0 Å². The molecule has 1 atom stereocenters. The predicted molar refractivity (Wildman–Crippen MR) is 148 cm³/mol. The van der Waals surface area contributed by atoms with Gasteiger partial charge in [0.1, 0.15) is 18.4 Å². The fraction of sp³-hybridized carbons (Fsp3) is 0.231. The Hall–Kier alpha value is -2.85. The topological polar surface area (TPSA) is 86.8 Å². The number of nitrogens with zero attached hydrogens (tertiary/aromatic N) is 2. The van der Waals surface area contributed by atoms with Crippen LogP contribution in [0.2, 0.25) is 15.1 Å². The van der Waals surface area contributed by atoms with E-state index in [4.69, 9.17) is 34.8 Å². The Morgan fingerprint density at radius 2 is 1.63 bits per heavy atom. The van der Waals surface area contributed by atoms with Gasteiger partial charge < -0.3 is 10.2 Å². The molecule has 0 aliphatic heterocycles. The molecule has 0 aliphatic carbocycles. The van der Waals surface area contributed by atoms with Gasteiger partial charge in [0.05, 0.1) is 25.7 Å². The second kappa shape index (κ2) is 12.8. The second-order valence-electron chi connectivity index (χ2n) is 8.26. The van der Waals surface area contributed by atoms with E-state index in [9.17, 15) is 22.4 Å². The molecule has 0 aliphatic rings. The Morgan fingerprint density at radius 1 is 0.947 bits per heavy atom. The molecular formula is C26H25Cl3FN3O4S. The number of amides is 2. The molecule has 0 spiro atoms. The Bertz CT molecular complexity index is 1420. The summed E-state index contributed by atoms with van der Waals surface area (Å²) in [5, 5.41) is 2.94. The standard InChI is InChI=1S/C26H25Cl3FN3O4S/c1-3-31-26(35)17(2)32(15-18-9-11-21(27)22(28)13-18)25(34)16-33(19-10-12-24(30)23(29)14-19)38(36,37)20-7-5-4-6-8-20/h4-14,17H,3,15-16H2,1-2H3,(H,31,35)/t17-/m1/s1. The van der Waals surface area contributed by atoms with Crippen LogP contribution in [0.25, 0.3) is 0 Å². The molecule has 0 bridgehead atoms. The van der Waals surface area contributed by atoms with Crippen molar-refractivity contribution in [3.05, 3.63) is 93.2 Å². The zero-order chi connectivity index (χ0) is 28.0. The Kier molecular flexibility index (Phi) is 10.0. The van der Waals surface area contributed by atoms with E-state index in [0.717, 1.165) is 16.4 Å². The molecule has 0 aromatic heterocycles. The van der Waals surface area contributed by atoms with Gasteiger partial charge in [-0.15, -0.1) is 0 Å². The van der Waals surface area contributed by atoms with Gasteiger partial charge >= 0.3 is 0 Å². The highest BCUT2D eigenvalue weighted by Crippen LogP contribution is 2.29. The highest BCUT2D eigenvalue weighted by molar-refractivity contribution is 7.92. The van der Waals surface area contributed by atoms with Crippen molar-refractivity contribution in [3.8, 4) is 0 Å². The van der Waals surface area contributed by atoms with Crippen molar-refractivity contribution in [1.82, 2.24) is 10.2 Å². The Balaban J connectivity index is 2.05. The lowest BCUT2D eigenvalue weighted by atomic mass is 10.1. The summed E-state index contributed by atoms with van der Waals surface area (Å²) < 4.78 is 42.0. The minimum absolute atomic E-state index is 0.0197. The lowest BCUT2D eigenvalue weighted by Gasteiger charge is -2.32. The van der Waals surface area contributed by atoms with Gasteiger partial charge in [-0.05, 0) is 61.9 Å². The first-order chi connectivity index (χ1) is 17.9. The smallest absolute Gasteiger partial charge is 0.264 e. The van der Waals surface area contributed by atoms with Crippen molar-refractivity contribution in [2.75, 3.05) is 17.4 Å². The predicted octanol–water partition coefficient (Wildman–Crippen LogP) is 5.53. The van der Waals surface area contributed by atoms with E-state index >= 15 is 0 Å². The zero-order valence-electron chi connectivity index (χ0n) is 20.5. The van der Waals surface area contributed by atoms with E-state index < -0.39 is 40.2 Å². The number of likely N-dealkylation sites (N-methyl/N-ethyl adjacent to an activating group) is 1. The summed E-state index contributed by atoms with van der Waals surface area (Å²) >= 11 is 18.1. The number of hydrogen-bond acceptors (Lipinski definition) is 4. The number of hydrogen-bond donors (Lipinski definition) is 1. The maximum atomic E-state index is 13.9. The van der Waals surface area contributed by atoms with E-state index in [0.29, 0.717) is 17.1 Å². The van der Waals surface area contributed by atoms with Crippen LogP contribution in [0.4, 0.5) is 10.1 Å². The van der Waals surface area contributed by atoms with Gasteiger partial charge in [-0.25, -0.2) is 12.8 Å². The molecular weight excluding hydrogens is 576 g/mol. The molecule has 3 aromatic rings. The molecule has 38 heavy (non-hydrogen) atoms. The average molecular weight is 601 g/mol. The summed E-state index contributed by atoms with van der Waals surface area (Å²) in [4.78, 5) is 27.6. The number of carbonyl (C=O) groups excluding carboxylic acids is 2. The van der Waals surface area contributed by atoms with Crippen LogP contribution >= 0.6 is 34.8 Å². The zero-order valence-corrected chi connectivity index (χ0v) is 23.6. The van der Waals surface area contributed by atoms with Crippen molar-refractivity contribution in [2.24, 2.45) is 0 Å². The summed E-state index contributed by atoms with van der Waals surface area (Å²) in [6.07, 6.45) is 0. The van der Waals surface area contributed by atoms with Gasteiger partial charge in [0.15, 0.2) is 0 Å². The third-order valence-corrected chi connectivity index (χ3v) is 8.47. The maximum Gasteiger partial charge on any atom is 0.264 e. The van der Waals surface area contributed by atoms with Gasteiger partial charge in [-0.3, -0.25) is 13.9 Å². The van der Waals surface area contributed by atoms with Gasteiger partial charge in [0.2, 0.25) is 11.8 Å². The fourth-order valence-corrected chi connectivity index (χ4v) is 5.55. The van der Waals surface area contributed by atoms with E-state index in [1.54, 1.807) is 31.2 Å². The van der Waals surface area contributed by atoms with Crippen LogP contribution in [0.3, 0.4) is 0 Å². The van der Waals surface area contributed by atoms with Crippen LogP contribution in [0, 0.1) is 5.82 Å². The van der Waals surface area contributed by atoms with Crippen LogP contribution < -0.4 is 9.62 Å². The molecule has 0 fully saturated rings. The van der Waals surface area contributed by atoms with Crippen molar-refractivity contribution in [2.45, 2.75) is 31.3 Å². The highest BCUT2D eigenvalue weighted by Gasteiger charge is 2.32. The Labute approximate surface area is 236 Å². The lowest BCUT2D eigenvalue weighted by Crippen LogP contribution is -2.51. The first-order valence-corrected chi connectivity index (χ1v) is 14.1. The second-order valence-corrected chi connectivity index (χ2v) is 11.3. The number of halogens is 4. The largest absolute Gasteiger partial charge is 0.355 e. The van der Waals surface area contributed by atoms with Crippen LogP contribution in [0.1, 0.15) is 19.4 Å². The summed E-state index contributed by atoms with van der Waals surface area (Å²) in [5.74, 6) is -1.86. The average Bonchev–Trinajstić information content (AvgIpc) is 2.89. The van der Waals surface area contributed by atoms with Crippen molar-refractivity contribution in [3.63, 3.8) is 0 Å². The minimum atomic E-state index is -4.29.